The number of fused-ring (bicyclic) bond motifs is 2. The number of benzene rings is 2. The Morgan fingerprint density at radius 1 is 0.886 bits per heavy atom. The fraction of sp³-hybridized carbons (Fsp3) is 0.464. The minimum atomic E-state index is -0.753. The summed E-state index contributed by atoms with van der Waals surface area (Å²) >= 11 is 0. The Kier molecular flexibility index (Phi) is 6.75. The van der Waals surface area contributed by atoms with Gasteiger partial charge in [0.2, 0.25) is 5.91 Å². The molecule has 2 aromatic rings. The van der Waals surface area contributed by atoms with Crippen LogP contribution in [0.3, 0.4) is 0 Å². The second-order valence-electron chi connectivity index (χ2n) is 9.74. The molecular formula is C28H32N2O5. The molecule has 0 saturated heterocycles. The highest BCUT2D eigenvalue weighted by Gasteiger charge is 2.44. The van der Waals surface area contributed by atoms with Crippen LogP contribution in [0.15, 0.2) is 48.5 Å². The number of carbonyl (C=O) groups excluding carboxylic acids is 3. The van der Waals surface area contributed by atoms with E-state index in [1.165, 1.54) is 23.1 Å². The van der Waals surface area contributed by atoms with Gasteiger partial charge in [-0.25, -0.2) is 4.79 Å². The number of ether oxygens (including phenoxy) is 2. The summed E-state index contributed by atoms with van der Waals surface area (Å²) in [6.07, 6.45) is 6.11. The number of amides is 2. The van der Waals surface area contributed by atoms with Crippen molar-refractivity contribution < 1.29 is 23.9 Å². The van der Waals surface area contributed by atoms with E-state index in [1.807, 2.05) is 36.4 Å². The van der Waals surface area contributed by atoms with Crippen LogP contribution < -0.4 is 4.90 Å². The molecule has 0 spiro atoms. The molecule has 1 aliphatic heterocycles. The molecule has 0 radical (unpaired) electrons. The monoisotopic (exact) mass is 476 g/mol. The molecule has 184 valence electrons. The molecule has 3 aliphatic rings. The summed E-state index contributed by atoms with van der Waals surface area (Å²) in [6.45, 7) is -0.146. The molecule has 7 heteroatoms. The molecular weight excluding hydrogens is 444 g/mol. The lowest BCUT2D eigenvalue weighted by Gasteiger charge is -2.34. The first-order chi connectivity index (χ1) is 17.0. The van der Waals surface area contributed by atoms with Crippen molar-refractivity contribution >= 4 is 23.7 Å². The van der Waals surface area contributed by atoms with Gasteiger partial charge in [-0.05, 0) is 61.3 Å². The standard InChI is InChI=1S/C28H32N2O5/c1-34-26(31)18-29(22-15-19-9-5-6-10-20(19)16-22)27(32)25-17-21-11-7-8-14-24(21)30(25)28(33)35-23-12-3-2-4-13-23/h5-11,14,22-23,25H,2-4,12-13,15-18H2,1H3/t25-/m1/s1. The zero-order valence-corrected chi connectivity index (χ0v) is 20.2. The Morgan fingerprint density at radius 2 is 1.51 bits per heavy atom. The van der Waals surface area contributed by atoms with Crippen LogP contribution in [0, 0.1) is 0 Å². The van der Waals surface area contributed by atoms with Crippen molar-refractivity contribution in [1.82, 2.24) is 4.90 Å². The summed E-state index contributed by atoms with van der Waals surface area (Å²) < 4.78 is 10.8. The average Bonchev–Trinajstić information content (AvgIpc) is 3.49. The molecule has 35 heavy (non-hydrogen) atoms. The quantitative estimate of drug-likeness (QED) is 0.609. The number of rotatable bonds is 5. The fourth-order valence-corrected chi connectivity index (χ4v) is 5.73. The molecule has 2 aromatic carbocycles. The molecule has 1 fully saturated rings. The topological polar surface area (TPSA) is 76.2 Å². The van der Waals surface area contributed by atoms with Gasteiger partial charge in [0.25, 0.3) is 0 Å². The second-order valence-corrected chi connectivity index (χ2v) is 9.74. The van der Waals surface area contributed by atoms with E-state index in [0.29, 0.717) is 24.9 Å². The van der Waals surface area contributed by atoms with E-state index in [2.05, 4.69) is 12.1 Å². The van der Waals surface area contributed by atoms with Crippen LogP contribution >= 0.6 is 0 Å². The summed E-state index contributed by atoms with van der Waals surface area (Å²) in [5.74, 6) is -0.717. The van der Waals surface area contributed by atoms with Gasteiger partial charge in [-0.1, -0.05) is 48.9 Å². The summed E-state index contributed by atoms with van der Waals surface area (Å²) in [4.78, 5) is 43.0. The summed E-state index contributed by atoms with van der Waals surface area (Å²) in [5.41, 5.74) is 4.01. The molecule has 1 heterocycles. The number of nitrogens with zero attached hydrogens (tertiary/aromatic N) is 2. The Balaban J connectivity index is 1.42. The van der Waals surface area contributed by atoms with E-state index in [9.17, 15) is 14.4 Å². The van der Waals surface area contributed by atoms with E-state index in [1.54, 1.807) is 4.90 Å². The average molecular weight is 477 g/mol. The Morgan fingerprint density at radius 3 is 2.17 bits per heavy atom. The van der Waals surface area contributed by atoms with Crippen molar-refractivity contribution in [2.45, 2.75) is 69.6 Å². The number of para-hydroxylation sites is 1. The molecule has 1 saturated carbocycles. The lowest BCUT2D eigenvalue weighted by molar-refractivity contribution is -0.149. The summed E-state index contributed by atoms with van der Waals surface area (Å²) in [6, 6.07) is 14.8. The number of hydrogen-bond donors (Lipinski definition) is 0. The molecule has 2 aliphatic carbocycles. The highest BCUT2D eigenvalue weighted by atomic mass is 16.6. The van der Waals surface area contributed by atoms with Crippen molar-refractivity contribution in [1.29, 1.82) is 0 Å². The third-order valence-electron chi connectivity index (χ3n) is 7.56. The van der Waals surface area contributed by atoms with Crippen molar-refractivity contribution in [3.63, 3.8) is 0 Å². The minimum absolute atomic E-state index is 0.115. The maximum absolute atomic E-state index is 14.1. The lowest BCUT2D eigenvalue weighted by Crippen LogP contribution is -2.54. The van der Waals surface area contributed by atoms with Crippen molar-refractivity contribution in [3.05, 3.63) is 65.2 Å². The van der Waals surface area contributed by atoms with Crippen molar-refractivity contribution in [3.8, 4) is 0 Å². The lowest BCUT2D eigenvalue weighted by atomic mass is 9.98. The second kappa shape index (κ2) is 10.1. The van der Waals surface area contributed by atoms with E-state index < -0.39 is 18.1 Å². The van der Waals surface area contributed by atoms with Gasteiger partial charge in [0.15, 0.2) is 0 Å². The first-order valence-electron chi connectivity index (χ1n) is 12.6. The molecule has 2 amide bonds. The first kappa shape index (κ1) is 23.4. The van der Waals surface area contributed by atoms with Crippen LogP contribution in [0.5, 0.6) is 0 Å². The van der Waals surface area contributed by atoms with Gasteiger partial charge in [0, 0.05) is 12.5 Å². The molecule has 5 rings (SSSR count). The summed E-state index contributed by atoms with van der Waals surface area (Å²) in [5, 5.41) is 0. The predicted molar refractivity (Wildman–Crippen MR) is 131 cm³/mol. The smallest absolute Gasteiger partial charge is 0.415 e. The number of esters is 1. The molecule has 0 aromatic heterocycles. The minimum Gasteiger partial charge on any atom is -0.468 e. The van der Waals surface area contributed by atoms with Crippen LogP contribution in [0.25, 0.3) is 0 Å². The van der Waals surface area contributed by atoms with Gasteiger partial charge in [0.05, 0.1) is 12.8 Å². The molecule has 0 unspecified atom stereocenters. The van der Waals surface area contributed by atoms with Gasteiger partial charge in [-0.2, -0.15) is 0 Å². The molecule has 0 N–H and O–H groups in total. The first-order valence-corrected chi connectivity index (χ1v) is 12.6. The fourth-order valence-electron chi connectivity index (χ4n) is 5.73. The van der Waals surface area contributed by atoms with E-state index in [0.717, 1.165) is 37.7 Å². The van der Waals surface area contributed by atoms with Gasteiger partial charge in [-0.15, -0.1) is 0 Å². The molecule has 7 nitrogen and oxygen atoms in total. The van der Waals surface area contributed by atoms with Gasteiger partial charge >= 0.3 is 12.1 Å². The van der Waals surface area contributed by atoms with Crippen LogP contribution in [0.1, 0.15) is 48.8 Å². The predicted octanol–water partition coefficient (Wildman–Crippen LogP) is 4.06. The third-order valence-corrected chi connectivity index (χ3v) is 7.56. The summed E-state index contributed by atoms with van der Waals surface area (Å²) in [7, 11) is 1.33. The number of carbonyl (C=O) groups is 3. The highest BCUT2D eigenvalue weighted by Crippen LogP contribution is 2.35. The number of hydrogen-bond acceptors (Lipinski definition) is 5. The van der Waals surface area contributed by atoms with Crippen molar-refractivity contribution in [2.24, 2.45) is 0 Å². The van der Waals surface area contributed by atoms with Gasteiger partial charge < -0.3 is 14.4 Å². The highest BCUT2D eigenvalue weighted by molar-refractivity contribution is 6.01. The maximum Gasteiger partial charge on any atom is 0.415 e. The number of methoxy groups -OCH3 is 1. The van der Waals surface area contributed by atoms with Gasteiger partial charge in [-0.3, -0.25) is 14.5 Å². The normalized spacial score (nSPS) is 19.7. The van der Waals surface area contributed by atoms with Crippen LogP contribution in [-0.4, -0.2) is 54.7 Å². The van der Waals surface area contributed by atoms with E-state index in [4.69, 9.17) is 9.47 Å². The maximum atomic E-state index is 14.1. The molecule has 0 bridgehead atoms. The Hall–Kier alpha value is -3.35. The van der Waals surface area contributed by atoms with Gasteiger partial charge in [0.1, 0.15) is 18.7 Å². The largest absolute Gasteiger partial charge is 0.468 e. The SMILES string of the molecule is COC(=O)CN(C(=O)[C@H]1Cc2ccccc2N1C(=O)OC1CCCCC1)C1Cc2ccccc2C1. The number of anilines is 1. The third kappa shape index (κ3) is 4.77. The van der Waals surface area contributed by atoms with E-state index in [-0.39, 0.29) is 24.6 Å². The van der Waals surface area contributed by atoms with Crippen LogP contribution in [0.4, 0.5) is 10.5 Å². The zero-order chi connectivity index (χ0) is 24.4. The Labute approximate surface area is 206 Å². The van der Waals surface area contributed by atoms with Crippen molar-refractivity contribution in [2.75, 3.05) is 18.6 Å². The Bertz CT molecular complexity index is 1090. The zero-order valence-electron chi connectivity index (χ0n) is 20.2. The molecule has 1 atom stereocenters. The van der Waals surface area contributed by atoms with Crippen LogP contribution in [-0.2, 0) is 38.3 Å². The van der Waals surface area contributed by atoms with Crippen LogP contribution in [0.2, 0.25) is 0 Å². The van der Waals surface area contributed by atoms with E-state index >= 15 is 0 Å².